The molecule has 0 saturated heterocycles. The highest BCUT2D eigenvalue weighted by Gasteiger charge is 2.21. The van der Waals surface area contributed by atoms with E-state index >= 15 is 0 Å². The predicted molar refractivity (Wildman–Crippen MR) is 122 cm³/mol. The van der Waals surface area contributed by atoms with Gasteiger partial charge in [0.05, 0.1) is 10.5 Å². The lowest BCUT2D eigenvalue weighted by molar-refractivity contribution is -0.384. The maximum atomic E-state index is 12.5. The highest BCUT2D eigenvalue weighted by molar-refractivity contribution is 5.95. The summed E-state index contributed by atoms with van der Waals surface area (Å²) in [6.07, 6.45) is 2.54. The molecule has 0 saturated carbocycles. The molecule has 0 bridgehead atoms. The van der Waals surface area contributed by atoms with Crippen molar-refractivity contribution in [2.45, 2.75) is 13.8 Å². The van der Waals surface area contributed by atoms with Crippen molar-refractivity contribution in [3.63, 3.8) is 0 Å². The molecule has 0 radical (unpaired) electrons. The van der Waals surface area contributed by atoms with Gasteiger partial charge in [-0.15, -0.1) is 0 Å². The number of hydrogen-bond acceptors (Lipinski definition) is 6. The Kier molecular flexibility index (Phi) is 7.00. The van der Waals surface area contributed by atoms with E-state index in [0.29, 0.717) is 16.9 Å². The van der Waals surface area contributed by atoms with Gasteiger partial charge in [0.25, 0.3) is 11.6 Å². The zero-order valence-corrected chi connectivity index (χ0v) is 17.9. The molecule has 1 heterocycles. The van der Waals surface area contributed by atoms with Gasteiger partial charge in [-0.3, -0.25) is 19.5 Å². The maximum absolute atomic E-state index is 12.5. The summed E-state index contributed by atoms with van der Waals surface area (Å²) in [5.74, 6) is -1.05. The number of carbonyl (C=O) groups is 2. The zero-order chi connectivity index (χ0) is 24.0. The van der Waals surface area contributed by atoms with Crippen LogP contribution in [0.2, 0.25) is 0 Å². The van der Waals surface area contributed by atoms with E-state index in [4.69, 9.17) is 4.74 Å². The second-order valence-corrected chi connectivity index (χ2v) is 7.05. The fraction of sp³-hybridized carbons (Fsp3) is 0.125. The van der Waals surface area contributed by atoms with E-state index in [1.165, 1.54) is 30.3 Å². The van der Waals surface area contributed by atoms with Crippen LogP contribution in [0.5, 0.6) is 0 Å². The van der Waals surface area contributed by atoms with Gasteiger partial charge < -0.3 is 10.1 Å². The fourth-order valence-electron chi connectivity index (χ4n) is 3.19. The number of carbonyl (C=O) groups excluding carboxylic acids is 2. The van der Waals surface area contributed by atoms with Crippen LogP contribution < -0.4 is 5.32 Å². The summed E-state index contributed by atoms with van der Waals surface area (Å²) in [4.78, 5) is 34.6. The number of aromatic nitrogens is 1. The SMILES string of the molecule is Cc1c(C#N)c(NC(=O)COC(=O)/C=C/c2ccc([N+](=O)[O-])cc2)n(-c2ccccc2)c1C. The summed E-state index contributed by atoms with van der Waals surface area (Å²) in [6, 6.07) is 17.0. The third-order valence-electron chi connectivity index (χ3n) is 4.96. The number of hydrogen-bond donors (Lipinski definition) is 1. The van der Waals surface area contributed by atoms with E-state index < -0.39 is 23.4 Å². The number of non-ortho nitro benzene ring substituents is 1. The smallest absolute Gasteiger partial charge is 0.331 e. The summed E-state index contributed by atoms with van der Waals surface area (Å²) in [5.41, 5.74) is 3.14. The molecule has 0 fully saturated rings. The molecule has 0 atom stereocenters. The Morgan fingerprint density at radius 2 is 1.82 bits per heavy atom. The number of anilines is 1. The summed E-state index contributed by atoms with van der Waals surface area (Å²) in [6.45, 7) is 3.10. The van der Waals surface area contributed by atoms with Crippen molar-refractivity contribution in [3.8, 4) is 11.8 Å². The molecule has 0 aliphatic rings. The Hall–Kier alpha value is -4.71. The van der Waals surface area contributed by atoms with Crippen molar-refractivity contribution in [2.75, 3.05) is 11.9 Å². The summed E-state index contributed by atoms with van der Waals surface area (Å²) >= 11 is 0. The van der Waals surface area contributed by atoms with Crippen LogP contribution in [-0.4, -0.2) is 28.0 Å². The molecule has 33 heavy (non-hydrogen) atoms. The summed E-state index contributed by atoms with van der Waals surface area (Å²) < 4.78 is 6.74. The first-order chi connectivity index (χ1) is 15.8. The van der Waals surface area contributed by atoms with Crippen molar-refractivity contribution in [3.05, 3.63) is 93.2 Å². The fourth-order valence-corrected chi connectivity index (χ4v) is 3.19. The van der Waals surface area contributed by atoms with Gasteiger partial charge in [0.15, 0.2) is 6.61 Å². The van der Waals surface area contributed by atoms with Crippen molar-refractivity contribution in [1.82, 2.24) is 4.57 Å². The van der Waals surface area contributed by atoms with Gasteiger partial charge in [-0.2, -0.15) is 5.26 Å². The quantitative estimate of drug-likeness (QED) is 0.253. The van der Waals surface area contributed by atoms with Crippen molar-refractivity contribution < 1.29 is 19.2 Å². The Morgan fingerprint density at radius 1 is 1.15 bits per heavy atom. The molecule has 2 aromatic carbocycles. The number of esters is 1. The Morgan fingerprint density at radius 3 is 2.42 bits per heavy atom. The summed E-state index contributed by atoms with van der Waals surface area (Å²) in [5, 5.41) is 22.9. The van der Waals surface area contributed by atoms with Crippen molar-refractivity contribution in [2.24, 2.45) is 0 Å². The molecular weight excluding hydrogens is 424 g/mol. The van der Waals surface area contributed by atoms with Crippen molar-refractivity contribution >= 4 is 29.5 Å². The minimum Gasteiger partial charge on any atom is -0.452 e. The normalized spacial score (nSPS) is 10.6. The second-order valence-electron chi connectivity index (χ2n) is 7.05. The first-order valence-corrected chi connectivity index (χ1v) is 9.88. The molecule has 166 valence electrons. The van der Waals surface area contributed by atoms with Crippen molar-refractivity contribution in [1.29, 1.82) is 5.26 Å². The van der Waals surface area contributed by atoms with Crippen LogP contribution in [0, 0.1) is 35.3 Å². The molecule has 1 N–H and O–H groups in total. The lowest BCUT2D eigenvalue weighted by Gasteiger charge is -2.13. The molecular formula is C24H20N4O5. The lowest BCUT2D eigenvalue weighted by Crippen LogP contribution is -2.22. The first-order valence-electron chi connectivity index (χ1n) is 9.88. The van der Waals surface area contributed by atoms with Gasteiger partial charge in [-0.1, -0.05) is 18.2 Å². The Labute approximate surface area is 189 Å². The number of ether oxygens (including phenoxy) is 1. The number of nitro benzene ring substituents is 1. The van der Waals surface area contributed by atoms with Gasteiger partial charge in [0.2, 0.25) is 0 Å². The monoisotopic (exact) mass is 444 g/mol. The number of rotatable bonds is 7. The highest BCUT2D eigenvalue weighted by Crippen LogP contribution is 2.29. The number of nitro groups is 1. The largest absolute Gasteiger partial charge is 0.452 e. The first kappa shape index (κ1) is 23.0. The molecule has 0 spiro atoms. The number of nitrogens with zero attached hydrogens (tertiary/aromatic N) is 3. The van der Waals surface area contributed by atoms with Gasteiger partial charge in [0.1, 0.15) is 11.9 Å². The van der Waals surface area contributed by atoms with E-state index in [1.54, 1.807) is 11.5 Å². The molecule has 3 rings (SSSR count). The third kappa shape index (κ3) is 5.32. The minimum atomic E-state index is -0.755. The number of benzene rings is 2. The molecule has 9 nitrogen and oxygen atoms in total. The molecule has 0 unspecified atom stereocenters. The topological polar surface area (TPSA) is 127 Å². The molecule has 1 aromatic heterocycles. The highest BCUT2D eigenvalue weighted by atomic mass is 16.6. The maximum Gasteiger partial charge on any atom is 0.331 e. The number of nitrogens with one attached hydrogen (secondary N) is 1. The van der Waals surface area contributed by atoms with E-state index in [1.807, 2.05) is 37.3 Å². The summed E-state index contributed by atoms with van der Waals surface area (Å²) in [7, 11) is 0. The zero-order valence-electron chi connectivity index (χ0n) is 17.9. The minimum absolute atomic E-state index is 0.0612. The average Bonchev–Trinajstić information content (AvgIpc) is 3.05. The van der Waals surface area contributed by atoms with Crippen LogP contribution >= 0.6 is 0 Å². The second kappa shape index (κ2) is 10.1. The standard InChI is InChI=1S/C24H20N4O5/c1-16-17(2)27(19-6-4-3-5-7-19)24(21(16)14-25)26-22(29)15-33-23(30)13-10-18-8-11-20(12-9-18)28(31)32/h3-13H,15H2,1-2H3,(H,26,29)/b13-10+. The molecule has 1 amide bonds. The number of amides is 1. The number of nitriles is 1. The molecule has 0 aliphatic heterocycles. The van der Waals surface area contributed by atoms with E-state index in [-0.39, 0.29) is 5.69 Å². The average molecular weight is 444 g/mol. The van der Waals surface area contributed by atoms with Crippen LogP contribution in [0.1, 0.15) is 22.4 Å². The molecule has 3 aromatic rings. The third-order valence-corrected chi connectivity index (χ3v) is 4.96. The van der Waals surface area contributed by atoms with Gasteiger partial charge in [-0.05, 0) is 55.3 Å². The molecule has 0 aliphatic carbocycles. The number of para-hydroxylation sites is 1. The Bertz CT molecular complexity index is 1270. The molecule has 9 heteroatoms. The van der Waals surface area contributed by atoms with Gasteiger partial charge in [0, 0.05) is 29.6 Å². The van der Waals surface area contributed by atoms with Crippen LogP contribution in [-0.2, 0) is 14.3 Å². The lowest BCUT2D eigenvalue weighted by atomic mass is 10.2. The van der Waals surface area contributed by atoms with Crippen LogP contribution in [0.3, 0.4) is 0 Å². The van der Waals surface area contributed by atoms with E-state index in [9.17, 15) is 25.0 Å². The van der Waals surface area contributed by atoms with Crippen LogP contribution in [0.15, 0.2) is 60.7 Å². The van der Waals surface area contributed by atoms with Gasteiger partial charge in [-0.25, -0.2) is 4.79 Å². The van der Waals surface area contributed by atoms with Crippen LogP contribution in [0.4, 0.5) is 11.5 Å². The Balaban J connectivity index is 1.67. The van der Waals surface area contributed by atoms with Gasteiger partial charge >= 0.3 is 5.97 Å². The predicted octanol–water partition coefficient (Wildman–Crippen LogP) is 4.07. The van der Waals surface area contributed by atoms with Crippen LogP contribution in [0.25, 0.3) is 11.8 Å². The van der Waals surface area contributed by atoms with E-state index in [0.717, 1.165) is 23.0 Å². The van der Waals surface area contributed by atoms with E-state index in [2.05, 4.69) is 11.4 Å².